The third-order valence-electron chi connectivity index (χ3n) is 7.80. The molecule has 0 bridgehead atoms. The van der Waals surface area contributed by atoms with Crippen LogP contribution in [0.25, 0.3) is 20.7 Å². The van der Waals surface area contributed by atoms with Crippen LogP contribution < -0.4 is 9.74 Å². The molecular weight excluding hydrogens is 507 g/mol. The summed E-state index contributed by atoms with van der Waals surface area (Å²) in [5.74, 6) is 1.72. The van der Waals surface area contributed by atoms with Crippen molar-refractivity contribution < 1.29 is 4.43 Å². The van der Waals surface area contributed by atoms with Crippen LogP contribution in [-0.2, 0) is 6.54 Å². The first-order valence-electron chi connectivity index (χ1n) is 13.4. The van der Waals surface area contributed by atoms with Crippen molar-refractivity contribution in [2.45, 2.75) is 45.4 Å². The summed E-state index contributed by atoms with van der Waals surface area (Å²) < 4.78 is 7.59. The Morgan fingerprint density at radius 2 is 1.74 bits per heavy atom. The molecule has 1 fully saturated rings. The van der Waals surface area contributed by atoms with Gasteiger partial charge in [-0.15, -0.1) is 11.3 Å². The van der Waals surface area contributed by atoms with Gasteiger partial charge in [0.2, 0.25) is 8.32 Å². The van der Waals surface area contributed by atoms with E-state index in [9.17, 15) is 0 Å². The van der Waals surface area contributed by atoms with Crippen LogP contribution in [0.4, 0.5) is 11.5 Å². The van der Waals surface area contributed by atoms with Crippen molar-refractivity contribution in [3.63, 3.8) is 0 Å². The second kappa shape index (κ2) is 10.8. The van der Waals surface area contributed by atoms with Gasteiger partial charge in [-0.2, -0.15) is 0 Å². The van der Waals surface area contributed by atoms with E-state index in [2.05, 4.69) is 108 Å². The zero-order valence-corrected chi connectivity index (χ0v) is 25.2. The quantitative estimate of drug-likeness (QED) is 0.247. The topological polar surface area (TPSA) is 53.5 Å². The highest BCUT2D eigenvalue weighted by Gasteiger charge is 2.39. The number of aromatic nitrogens is 2. The van der Waals surface area contributed by atoms with E-state index in [4.69, 9.17) is 4.43 Å². The summed E-state index contributed by atoms with van der Waals surface area (Å²) in [5.41, 5.74) is 4.51. The number of anilines is 2. The Balaban J connectivity index is 1.36. The number of fused-ring (bicyclic) bond motifs is 1. The average molecular weight is 546 g/mol. The highest BCUT2D eigenvalue weighted by molar-refractivity contribution is 7.22. The minimum Gasteiger partial charge on any atom is -0.543 e. The number of piperazine rings is 1. The van der Waals surface area contributed by atoms with Crippen molar-refractivity contribution >= 4 is 41.4 Å². The summed E-state index contributed by atoms with van der Waals surface area (Å²) in [6.45, 7) is 16.8. The highest BCUT2D eigenvalue weighted by Crippen LogP contribution is 2.39. The molecule has 38 heavy (non-hydrogen) atoms. The molecule has 1 N–H and O–H groups in total. The van der Waals surface area contributed by atoms with Crippen LogP contribution in [0.3, 0.4) is 0 Å². The molecule has 0 radical (unpaired) electrons. The van der Waals surface area contributed by atoms with Crippen molar-refractivity contribution in [3.8, 4) is 16.2 Å². The Morgan fingerprint density at radius 3 is 2.50 bits per heavy atom. The fourth-order valence-corrected chi connectivity index (χ4v) is 6.47. The molecule has 0 atom stereocenters. The van der Waals surface area contributed by atoms with Crippen molar-refractivity contribution in [2.75, 3.05) is 38.5 Å². The van der Waals surface area contributed by atoms with Crippen molar-refractivity contribution in [2.24, 2.45) is 0 Å². The highest BCUT2D eigenvalue weighted by atomic mass is 32.1. The Labute approximate surface area is 231 Å². The molecule has 0 amide bonds. The predicted molar refractivity (Wildman–Crippen MR) is 163 cm³/mol. The third kappa shape index (κ3) is 6.09. The zero-order chi connectivity index (χ0) is 26.9. The number of hydrogen-bond donors (Lipinski definition) is 1. The number of hydrogen-bond acceptors (Lipinski definition) is 7. The van der Waals surface area contributed by atoms with Gasteiger partial charge in [0.05, 0.1) is 10.2 Å². The number of benzene rings is 2. The van der Waals surface area contributed by atoms with E-state index in [1.54, 1.807) is 17.7 Å². The summed E-state index contributed by atoms with van der Waals surface area (Å²) in [6, 6.07) is 19.3. The smallest absolute Gasteiger partial charge is 0.250 e. The minimum atomic E-state index is -1.92. The van der Waals surface area contributed by atoms with E-state index >= 15 is 0 Å². The van der Waals surface area contributed by atoms with Gasteiger partial charge in [-0.3, -0.25) is 4.90 Å². The number of likely N-dealkylation sites (N-methyl/N-ethyl adjacent to an activating group) is 1. The molecule has 6 nitrogen and oxygen atoms in total. The van der Waals surface area contributed by atoms with Gasteiger partial charge < -0.3 is 14.6 Å². The molecule has 8 heteroatoms. The molecule has 5 rings (SSSR count). The summed E-state index contributed by atoms with van der Waals surface area (Å²) in [7, 11) is 0.282. The van der Waals surface area contributed by atoms with Crippen LogP contribution >= 0.6 is 11.3 Å². The monoisotopic (exact) mass is 545 g/mol. The molecule has 1 aliphatic heterocycles. The molecule has 2 aromatic carbocycles. The van der Waals surface area contributed by atoms with Gasteiger partial charge >= 0.3 is 0 Å². The molecule has 0 unspecified atom stereocenters. The van der Waals surface area contributed by atoms with Gasteiger partial charge in [-0.05, 0) is 60.6 Å². The summed E-state index contributed by atoms with van der Waals surface area (Å²) in [6.07, 6.45) is 1.64. The second-order valence-corrected chi connectivity index (χ2v) is 17.6. The molecule has 0 aliphatic carbocycles. The first kappa shape index (κ1) is 26.8. The number of thiophene rings is 1. The van der Waals surface area contributed by atoms with Crippen LogP contribution in [0.2, 0.25) is 18.1 Å². The van der Waals surface area contributed by atoms with E-state index in [0.29, 0.717) is 0 Å². The Kier molecular flexibility index (Phi) is 7.60. The number of rotatable bonds is 7. The minimum absolute atomic E-state index is 0.143. The zero-order valence-electron chi connectivity index (χ0n) is 23.4. The SMILES string of the molecule is CN1CCN(Cc2cccc(-c3cc4ncnc(Nc5cccc(O[Si](C)(C)C(C)(C)C)c5)c4s3)c2)CC1. The molecular formula is C30H39N5OSSi. The van der Waals surface area contributed by atoms with E-state index < -0.39 is 8.32 Å². The van der Waals surface area contributed by atoms with Gasteiger partial charge in [-0.1, -0.05) is 45.0 Å². The van der Waals surface area contributed by atoms with Gasteiger partial charge in [0.15, 0.2) is 5.82 Å². The fraction of sp³-hybridized carbons (Fsp3) is 0.400. The third-order valence-corrected chi connectivity index (χ3v) is 13.3. The molecule has 0 spiro atoms. The van der Waals surface area contributed by atoms with Crippen molar-refractivity contribution in [1.29, 1.82) is 0 Å². The van der Waals surface area contributed by atoms with Gasteiger partial charge in [0.25, 0.3) is 0 Å². The van der Waals surface area contributed by atoms with Crippen molar-refractivity contribution in [3.05, 3.63) is 66.5 Å². The standard InChI is InChI=1S/C30H39N5OSSi/c1-30(2,3)38(5,6)36-25-12-8-11-24(18-25)33-29-28-26(31-21-32-29)19-27(37-28)23-10-7-9-22(17-23)20-35-15-13-34(4)14-16-35/h7-12,17-19,21H,13-16,20H2,1-6H3,(H,31,32,33). The van der Waals surface area contributed by atoms with Crippen molar-refractivity contribution in [1.82, 2.24) is 19.8 Å². The molecule has 0 saturated carbocycles. The average Bonchev–Trinajstić information content (AvgIpc) is 3.31. The molecule has 1 saturated heterocycles. The van der Waals surface area contributed by atoms with E-state index in [1.165, 1.54) is 16.0 Å². The molecule has 3 heterocycles. The lowest BCUT2D eigenvalue weighted by Gasteiger charge is -2.36. The van der Waals surface area contributed by atoms with E-state index in [1.807, 2.05) is 12.1 Å². The van der Waals surface area contributed by atoms with E-state index in [0.717, 1.165) is 60.2 Å². The lowest BCUT2D eigenvalue weighted by molar-refractivity contribution is 0.148. The normalized spacial score (nSPS) is 15.6. The van der Waals surface area contributed by atoms with Gasteiger partial charge in [0, 0.05) is 49.4 Å². The van der Waals surface area contributed by atoms with Crippen LogP contribution in [0.5, 0.6) is 5.75 Å². The lowest BCUT2D eigenvalue weighted by Crippen LogP contribution is -2.43. The molecule has 2 aromatic heterocycles. The Bertz CT molecular complexity index is 1410. The van der Waals surface area contributed by atoms with Crippen LogP contribution in [0.1, 0.15) is 26.3 Å². The molecule has 200 valence electrons. The number of nitrogens with zero attached hydrogens (tertiary/aromatic N) is 4. The first-order valence-corrected chi connectivity index (χ1v) is 17.1. The largest absolute Gasteiger partial charge is 0.543 e. The van der Waals surface area contributed by atoms with Gasteiger partial charge in [0.1, 0.15) is 12.1 Å². The summed E-state index contributed by atoms with van der Waals surface area (Å²) in [5, 5.41) is 3.67. The van der Waals surface area contributed by atoms with Crippen LogP contribution in [0.15, 0.2) is 60.9 Å². The second-order valence-electron chi connectivity index (χ2n) is 11.8. The molecule has 4 aromatic rings. The molecule has 1 aliphatic rings. The number of nitrogens with one attached hydrogen (secondary N) is 1. The maximum atomic E-state index is 6.53. The first-order chi connectivity index (χ1) is 18.1. The Hall–Kier alpha value is -2.78. The van der Waals surface area contributed by atoms with E-state index in [-0.39, 0.29) is 5.04 Å². The van der Waals surface area contributed by atoms with Crippen LogP contribution in [-0.4, -0.2) is 61.3 Å². The fourth-order valence-electron chi connectivity index (χ4n) is 4.39. The predicted octanol–water partition coefficient (Wildman–Crippen LogP) is 7.23. The lowest BCUT2D eigenvalue weighted by atomic mass is 10.1. The summed E-state index contributed by atoms with van der Waals surface area (Å²) >= 11 is 1.74. The maximum absolute atomic E-state index is 6.53. The Morgan fingerprint density at radius 1 is 0.974 bits per heavy atom. The maximum Gasteiger partial charge on any atom is 0.250 e. The summed E-state index contributed by atoms with van der Waals surface area (Å²) in [4.78, 5) is 15.3. The van der Waals surface area contributed by atoms with Gasteiger partial charge in [-0.25, -0.2) is 9.97 Å². The van der Waals surface area contributed by atoms with Crippen LogP contribution in [0, 0.1) is 0 Å².